The third-order valence-corrected chi connectivity index (χ3v) is 2.63. The number of hydrogen-bond acceptors (Lipinski definition) is 2. The van der Waals surface area contributed by atoms with Crippen molar-refractivity contribution in [3.8, 4) is 0 Å². The fourth-order valence-corrected chi connectivity index (χ4v) is 1.73. The van der Waals surface area contributed by atoms with E-state index in [1.165, 1.54) is 11.7 Å². The summed E-state index contributed by atoms with van der Waals surface area (Å²) >= 11 is 0. The maximum Gasteiger partial charge on any atom is 0.435 e. The molecule has 0 aliphatic heterocycles. The molecule has 1 rings (SSSR count). The van der Waals surface area contributed by atoms with E-state index in [4.69, 9.17) is 5.73 Å². The molecule has 1 aromatic rings. The average Bonchev–Trinajstić information content (AvgIpc) is 2.46. The van der Waals surface area contributed by atoms with Crippen molar-refractivity contribution < 1.29 is 13.2 Å². The summed E-state index contributed by atoms with van der Waals surface area (Å²) in [5.74, 6) is 0. The average molecular weight is 235 g/mol. The van der Waals surface area contributed by atoms with Crippen LogP contribution in [0.4, 0.5) is 13.2 Å². The van der Waals surface area contributed by atoms with Gasteiger partial charge in [0.1, 0.15) is 0 Å². The van der Waals surface area contributed by atoms with Gasteiger partial charge in [0.15, 0.2) is 5.69 Å². The van der Waals surface area contributed by atoms with Gasteiger partial charge in [-0.2, -0.15) is 18.3 Å². The highest BCUT2D eigenvalue weighted by Gasteiger charge is 2.36. The highest BCUT2D eigenvalue weighted by molar-refractivity contribution is 5.20. The predicted molar refractivity (Wildman–Crippen MR) is 54.9 cm³/mol. The molecule has 1 aromatic heterocycles. The van der Waals surface area contributed by atoms with Gasteiger partial charge in [-0.1, -0.05) is 13.8 Å². The van der Waals surface area contributed by atoms with Gasteiger partial charge in [0.05, 0.1) is 0 Å². The first-order valence-electron chi connectivity index (χ1n) is 5.00. The van der Waals surface area contributed by atoms with Crippen LogP contribution in [-0.2, 0) is 18.6 Å². The van der Waals surface area contributed by atoms with E-state index in [-0.39, 0.29) is 0 Å². The minimum absolute atomic E-state index is 0.403. The van der Waals surface area contributed by atoms with Crippen molar-refractivity contribution in [2.24, 2.45) is 12.8 Å². The van der Waals surface area contributed by atoms with Gasteiger partial charge in [0, 0.05) is 18.2 Å². The lowest BCUT2D eigenvalue weighted by atomic mass is 9.85. The van der Waals surface area contributed by atoms with Crippen LogP contribution in [0.2, 0.25) is 0 Å². The summed E-state index contributed by atoms with van der Waals surface area (Å²) in [4.78, 5) is 0. The molecule has 0 radical (unpaired) electrons. The Morgan fingerprint density at radius 1 is 1.38 bits per heavy atom. The largest absolute Gasteiger partial charge is 0.435 e. The Bertz CT molecular complexity index is 366. The summed E-state index contributed by atoms with van der Waals surface area (Å²) < 4.78 is 38.6. The van der Waals surface area contributed by atoms with E-state index in [0.29, 0.717) is 18.7 Å². The molecular formula is C10H16F3N3. The second-order valence-corrected chi connectivity index (χ2v) is 4.46. The summed E-state index contributed by atoms with van der Waals surface area (Å²) in [5.41, 5.74) is 4.73. The molecule has 2 N–H and O–H groups in total. The van der Waals surface area contributed by atoms with E-state index in [0.717, 1.165) is 6.07 Å². The third-order valence-electron chi connectivity index (χ3n) is 2.63. The van der Waals surface area contributed by atoms with Crippen LogP contribution < -0.4 is 5.73 Å². The minimum atomic E-state index is -4.39. The van der Waals surface area contributed by atoms with Crippen LogP contribution in [0, 0.1) is 0 Å². The van der Waals surface area contributed by atoms with Gasteiger partial charge in [-0.15, -0.1) is 0 Å². The highest BCUT2D eigenvalue weighted by Crippen LogP contribution is 2.33. The van der Waals surface area contributed by atoms with Gasteiger partial charge in [-0.3, -0.25) is 4.68 Å². The lowest BCUT2D eigenvalue weighted by Crippen LogP contribution is -2.24. The van der Waals surface area contributed by atoms with Crippen molar-refractivity contribution >= 4 is 0 Å². The Morgan fingerprint density at radius 2 is 1.94 bits per heavy atom. The number of nitrogens with two attached hydrogens (primary N) is 1. The molecule has 0 amide bonds. The first-order valence-corrected chi connectivity index (χ1v) is 5.00. The van der Waals surface area contributed by atoms with Gasteiger partial charge in [0.2, 0.25) is 0 Å². The van der Waals surface area contributed by atoms with Gasteiger partial charge in [-0.05, 0) is 19.0 Å². The second-order valence-electron chi connectivity index (χ2n) is 4.46. The quantitative estimate of drug-likeness (QED) is 0.871. The van der Waals surface area contributed by atoms with Crippen molar-refractivity contribution in [2.75, 3.05) is 6.54 Å². The van der Waals surface area contributed by atoms with E-state index in [1.54, 1.807) is 0 Å². The molecule has 0 fully saturated rings. The van der Waals surface area contributed by atoms with E-state index in [2.05, 4.69) is 5.10 Å². The van der Waals surface area contributed by atoms with E-state index < -0.39 is 17.3 Å². The van der Waals surface area contributed by atoms with Gasteiger partial charge >= 0.3 is 6.18 Å². The molecule has 0 saturated heterocycles. The summed E-state index contributed by atoms with van der Waals surface area (Å²) in [5, 5.41) is 3.48. The summed E-state index contributed by atoms with van der Waals surface area (Å²) in [7, 11) is 1.52. The Morgan fingerprint density at radius 3 is 2.31 bits per heavy atom. The molecule has 92 valence electrons. The second kappa shape index (κ2) is 4.08. The Kier molecular flexibility index (Phi) is 3.33. The first-order chi connectivity index (χ1) is 7.18. The van der Waals surface area contributed by atoms with Crippen LogP contribution in [0.5, 0.6) is 0 Å². The zero-order valence-corrected chi connectivity index (χ0v) is 9.60. The number of aryl methyl sites for hydroxylation is 1. The maximum absolute atomic E-state index is 12.5. The molecule has 3 nitrogen and oxygen atoms in total. The highest BCUT2D eigenvalue weighted by atomic mass is 19.4. The molecule has 0 unspecified atom stereocenters. The van der Waals surface area contributed by atoms with Crippen LogP contribution >= 0.6 is 0 Å². The molecule has 6 heteroatoms. The fraction of sp³-hybridized carbons (Fsp3) is 0.700. The molecule has 0 saturated carbocycles. The lowest BCUT2D eigenvalue weighted by molar-refractivity contribution is -0.141. The van der Waals surface area contributed by atoms with Gasteiger partial charge < -0.3 is 5.73 Å². The van der Waals surface area contributed by atoms with E-state index in [1.807, 2.05) is 13.8 Å². The number of nitrogens with zero attached hydrogens (tertiary/aromatic N) is 2. The monoisotopic (exact) mass is 235 g/mol. The number of halogens is 3. The summed E-state index contributed by atoms with van der Waals surface area (Å²) in [6.07, 6.45) is -3.78. The number of alkyl halides is 3. The van der Waals surface area contributed by atoms with Crippen molar-refractivity contribution in [1.29, 1.82) is 0 Å². The summed E-state index contributed by atoms with van der Waals surface area (Å²) in [6.45, 7) is 4.15. The molecule has 0 aliphatic rings. The third kappa shape index (κ3) is 2.55. The zero-order chi connectivity index (χ0) is 12.6. The van der Waals surface area contributed by atoms with Crippen LogP contribution in [0.25, 0.3) is 0 Å². The first kappa shape index (κ1) is 13.0. The van der Waals surface area contributed by atoms with Gasteiger partial charge in [0.25, 0.3) is 0 Å². The molecule has 0 aliphatic carbocycles. The zero-order valence-electron chi connectivity index (χ0n) is 9.60. The molecule has 0 aromatic carbocycles. The van der Waals surface area contributed by atoms with Crippen molar-refractivity contribution in [3.05, 3.63) is 17.5 Å². The Labute approximate surface area is 92.4 Å². The molecular weight excluding hydrogens is 219 g/mol. The molecule has 0 spiro atoms. The van der Waals surface area contributed by atoms with Gasteiger partial charge in [-0.25, -0.2) is 0 Å². The topological polar surface area (TPSA) is 43.8 Å². The van der Waals surface area contributed by atoms with E-state index in [9.17, 15) is 13.2 Å². The van der Waals surface area contributed by atoms with Crippen LogP contribution in [0.3, 0.4) is 0 Å². The van der Waals surface area contributed by atoms with E-state index >= 15 is 0 Å². The Hall–Kier alpha value is -1.04. The molecule has 0 atom stereocenters. The number of aromatic nitrogens is 2. The normalized spacial score (nSPS) is 13.2. The molecule has 16 heavy (non-hydrogen) atoms. The van der Waals surface area contributed by atoms with Crippen molar-refractivity contribution in [3.63, 3.8) is 0 Å². The summed E-state index contributed by atoms with van der Waals surface area (Å²) in [6, 6.07) is 1.09. The van der Waals surface area contributed by atoms with Crippen molar-refractivity contribution in [2.45, 2.75) is 31.9 Å². The lowest BCUT2D eigenvalue weighted by Gasteiger charge is -2.23. The Balaban J connectivity index is 3.12. The fourth-order valence-electron chi connectivity index (χ4n) is 1.73. The smallest absolute Gasteiger partial charge is 0.330 e. The van der Waals surface area contributed by atoms with Crippen LogP contribution in [0.15, 0.2) is 6.07 Å². The van der Waals surface area contributed by atoms with Crippen molar-refractivity contribution in [1.82, 2.24) is 9.78 Å². The minimum Gasteiger partial charge on any atom is -0.330 e. The van der Waals surface area contributed by atoms with Crippen LogP contribution in [-0.4, -0.2) is 16.3 Å². The number of rotatable bonds is 3. The molecule has 1 heterocycles. The maximum atomic E-state index is 12.5. The standard InChI is InChI=1S/C10H16F3N3/c1-9(2,4-5-14)8-6-7(10(11,12)13)15-16(8)3/h6H,4-5,14H2,1-3H3. The molecule has 0 bridgehead atoms. The van der Waals surface area contributed by atoms with Crippen LogP contribution in [0.1, 0.15) is 31.7 Å². The SMILES string of the molecule is Cn1nc(C(F)(F)F)cc1C(C)(C)CCN. The predicted octanol–water partition coefficient (Wildman–Crippen LogP) is 2.07. The number of hydrogen-bond donors (Lipinski definition) is 1.